The molecule has 1 aliphatic rings. The van der Waals surface area contributed by atoms with E-state index in [1.54, 1.807) is 0 Å². The molecule has 0 aliphatic heterocycles. The van der Waals surface area contributed by atoms with E-state index >= 15 is 0 Å². The minimum absolute atomic E-state index is 0.737. The van der Waals surface area contributed by atoms with Gasteiger partial charge in [-0.25, -0.2) is 0 Å². The van der Waals surface area contributed by atoms with Gasteiger partial charge in [0.15, 0.2) is 0 Å². The highest BCUT2D eigenvalue weighted by molar-refractivity contribution is 5.85. The lowest BCUT2D eigenvalue weighted by molar-refractivity contribution is 0.304. The first kappa shape index (κ1) is 24.4. The first-order valence-electron chi connectivity index (χ1n) is 13.5. The Labute approximate surface area is 206 Å². The van der Waals surface area contributed by atoms with Crippen molar-refractivity contribution in [1.82, 2.24) is 0 Å². The molecule has 1 nitrogen and oxygen atoms in total. The number of hydrogen-bond acceptors (Lipinski definition) is 1. The highest BCUT2D eigenvalue weighted by atomic mass is 16.5. The van der Waals surface area contributed by atoms with Crippen LogP contribution in [-0.2, 0) is 0 Å². The van der Waals surface area contributed by atoms with Gasteiger partial charge in [-0.15, -0.1) is 0 Å². The van der Waals surface area contributed by atoms with E-state index in [0.717, 1.165) is 41.7 Å². The van der Waals surface area contributed by atoms with E-state index < -0.39 is 0 Å². The maximum absolute atomic E-state index is 5.90. The van der Waals surface area contributed by atoms with E-state index in [0.29, 0.717) is 0 Å². The Morgan fingerprint density at radius 3 is 2.15 bits per heavy atom. The summed E-state index contributed by atoms with van der Waals surface area (Å²) in [6.07, 6.45) is 13.2. The molecule has 0 spiro atoms. The van der Waals surface area contributed by atoms with Crippen LogP contribution < -0.4 is 4.74 Å². The van der Waals surface area contributed by atoms with Gasteiger partial charge >= 0.3 is 0 Å². The van der Waals surface area contributed by atoms with Crippen LogP contribution in [0, 0.1) is 17.8 Å². The molecule has 0 amide bonds. The molecule has 0 bridgehead atoms. The van der Waals surface area contributed by atoms with Crippen molar-refractivity contribution in [3.05, 3.63) is 77.4 Å². The number of ether oxygens (including phenoxy) is 1. The predicted molar refractivity (Wildman–Crippen MR) is 146 cm³/mol. The largest absolute Gasteiger partial charge is 0.494 e. The molecule has 0 N–H and O–H groups in total. The number of hydrogen-bond donors (Lipinski definition) is 0. The molecule has 0 heterocycles. The summed E-state index contributed by atoms with van der Waals surface area (Å²) in [4.78, 5) is 0. The van der Waals surface area contributed by atoms with Crippen molar-refractivity contribution >= 4 is 10.8 Å². The van der Waals surface area contributed by atoms with Gasteiger partial charge in [0.25, 0.3) is 0 Å². The van der Waals surface area contributed by atoms with Crippen LogP contribution in [0.25, 0.3) is 10.8 Å². The molecule has 1 heteroatoms. The predicted octanol–water partition coefficient (Wildman–Crippen LogP) is 9.27. The molecule has 3 aromatic carbocycles. The Morgan fingerprint density at radius 2 is 1.38 bits per heavy atom. The summed E-state index contributed by atoms with van der Waals surface area (Å²) in [5.41, 5.74) is 3.65. The zero-order valence-electron chi connectivity index (χ0n) is 21.1. The monoisotopic (exact) mass is 452 g/mol. The summed E-state index contributed by atoms with van der Waals surface area (Å²) >= 11 is 0. The van der Waals surface area contributed by atoms with Gasteiger partial charge in [-0.3, -0.25) is 0 Å². The van der Waals surface area contributed by atoms with Gasteiger partial charge in [-0.2, -0.15) is 0 Å². The first-order chi connectivity index (χ1) is 16.7. The summed E-state index contributed by atoms with van der Waals surface area (Å²) in [5, 5.41) is 2.41. The quantitative estimate of drug-likeness (QED) is 0.232. The molecule has 3 aromatic rings. The van der Waals surface area contributed by atoms with Crippen LogP contribution in [0.4, 0.5) is 0 Å². The number of rotatable bonds is 9. The molecule has 1 saturated carbocycles. The van der Waals surface area contributed by atoms with Crippen molar-refractivity contribution < 1.29 is 4.74 Å². The van der Waals surface area contributed by atoms with E-state index in [4.69, 9.17) is 4.74 Å². The van der Waals surface area contributed by atoms with Crippen LogP contribution in [0.1, 0.15) is 101 Å². The molecule has 4 rings (SSSR count). The van der Waals surface area contributed by atoms with Crippen LogP contribution in [0.3, 0.4) is 0 Å². The second kappa shape index (κ2) is 12.7. The third kappa shape index (κ3) is 6.89. The maximum Gasteiger partial charge on any atom is 0.119 e. The number of fused-ring (bicyclic) bond motifs is 1. The topological polar surface area (TPSA) is 9.23 Å². The minimum Gasteiger partial charge on any atom is -0.494 e. The smallest absolute Gasteiger partial charge is 0.119 e. The Balaban J connectivity index is 1.34. The molecule has 0 unspecified atom stereocenters. The van der Waals surface area contributed by atoms with Gasteiger partial charge in [0.1, 0.15) is 5.75 Å². The molecular formula is C33H40O. The fraction of sp³-hybridized carbons (Fsp3) is 0.455. The third-order valence-electron chi connectivity index (χ3n) is 7.37. The van der Waals surface area contributed by atoms with Crippen LogP contribution >= 0.6 is 0 Å². The molecular weight excluding hydrogens is 412 g/mol. The SMILES string of the molecule is CCCCCOc1ccc2cc(C#Cc3ccc([C@H]4CC[C@H](CCCC)CC4)cc3)ccc2c1. The Hall–Kier alpha value is -2.72. The van der Waals surface area contributed by atoms with Crippen molar-refractivity contribution in [2.24, 2.45) is 5.92 Å². The first-order valence-corrected chi connectivity index (χ1v) is 13.5. The van der Waals surface area contributed by atoms with E-state index in [1.165, 1.54) is 74.1 Å². The summed E-state index contributed by atoms with van der Waals surface area (Å²) in [5.74, 6) is 9.38. The van der Waals surface area contributed by atoms with E-state index in [-0.39, 0.29) is 0 Å². The summed E-state index contributed by atoms with van der Waals surface area (Å²) in [7, 11) is 0. The van der Waals surface area contributed by atoms with Crippen LogP contribution in [0.2, 0.25) is 0 Å². The van der Waals surface area contributed by atoms with Crippen molar-refractivity contribution in [3.8, 4) is 17.6 Å². The lowest BCUT2D eigenvalue weighted by Crippen LogP contribution is -2.13. The zero-order chi connectivity index (χ0) is 23.6. The van der Waals surface area contributed by atoms with E-state index in [9.17, 15) is 0 Å². The van der Waals surface area contributed by atoms with E-state index in [2.05, 4.69) is 86.4 Å². The molecule has 0 aromatic heterocycles. The summed E-state index contributed by atoms with van der Waals surface area (Å²) < 4.78 is 5.90. The van der Waals surface area contributed by atoms with Gasteiger partial charge in [0.05, 0.1) is 6.61 Å². The summed E-state index contributed by atoms with van der Waals surface area (Å²) in [6.45, 7) is 5.31. The zero-order valence-corrected chi connectivity index (χ0v) is 21.1. The maximum atomic E-state index is 5.90. The fourth-order valence-corrected chi connectivity index (χ4v) is 5.19. The van der Waals surface area contributed by atoms with Crippen LogP contribution in [-0.4, -0.2) is 6.61 Å². The normalized spacial score (nSPS) is 17.8. The summed E-state index contributed by atoms with van der Waals surface area (Å²) in [6, 6.07) is 21.8. The van der Waals surface area contributed by atoms with Gasteiger partial charge < -0.3 is 4.74 Å². The molecule has 0 atom stereocenters. The fourth-order valence-electron chi connectivity index (χ4n) is 5.19. The van der Waals surface area contributed by atoms with Gasteiger partial charge in [-0.05, 0) is 96.7 Å². The Bertz CT molecular complexity index is 1090. The van der Waals surface area contributed by atoms with Crippen LogP contribution in [0.5, 0.6) is 5.75 Å². The average Bonchev–Trinajstić information content (AvgIpc) is 2.89. The van der Waals surface area contributed by atoms with Crippen molar-refractivity contribution in [3.63, 3.8) is 0 Å². The van der Waals surface area contributed by atoms with E-state index in [1.807, 2.05) is 0 Å². The Morgan fingerprint density at radius 1 is 0.706 bits per heavy atom. The molecule has 0 radical (unpaired) electrons. The standard InChI is InChI=1S/C33H40O/c1-3-5-7-23-34-33-22-21-31-24-28(15-20-32(31)25-33)10-9-27-13-18-30(19-14-27)29-16-11-26(12-17-29)8-6-4-2/h13-15,18-22,24-26,29H,3-8,11-12,16-17,23H2,1-2H3/t26-,29-. The minimum atomic E-state index is 0.737. The number of benzene rings is 3. The highest BCUT2D eigenvalue weighted by Gasteiger charge is 2.21. The molecule has 0 saturated heterocycles. The molecule has 1 aliphatic carbocycles. The highest BCUT2D eigenvalue weighted by Crippen LogP contribution is 2.37. The van der Waals surface area contributed by atoms with Gasteiger partial charge in [0, 0.05) is 11.1 Å². The van der Waals surface area contributed by atoms with Crippen molar-refractivity contribution in [2.45, 2.75) is 84.0 Å². The average molecular weight is 453 g/mol. The second-order valence-electron chi connectivity index (χ2n) is 10.0. The third-order valence-corrected chi connectivity index (χ3v) is 7.37. The second-order valence-corrected chi connectivity index (χ2v) is 10.0. The lowest BCUT2D eigenvalue weighted by Gasteiger charge is -2.28. The van der Waals surface area contributed by atoms with Crippen molar-refractivity contribution in [1.29, 1.82) is 0 Å². The lowest BCUT2D eigenvalue weighted by atomic mass is 9.77. The van der Waals surface area contributed by atoms with Crippen LogP contribution in [0.15, 0.2) is 60.7 Å². The molecule has 1 fully saturated rings. The van der Waals surface area contributed by atoms with Crippen molar-refractivity contribution in [2.75, 3.05) is 6.61 Å². The Kier molecular flexibility index (Phi) is 9.09. The molecule has 34 heavy (non-hydrogen) atoms. The van der Waals surface area contributed by atoms with Gasteiger partial charge in [0.2, 0.25) is 0 Å². The number of unbranched alkanes of at least 4 members (excludes halogenated alkanes) is 3. The van der Waals surface area contributed by atoms with Gasteiger partial charge in [-0.1, -0.05) is 82.1 Å². The molecule has 178 valence electrons.